The summed E-state index contributed by atoms with van der Waals surface area (Å²) < 4.78 is 32.7. The van der Waals surface area contributed by atoms with Crippen LogP contribution in [0.3, 0.4) is 0 Å². The van der Waals surface area contributed by atoms with Crippen molar-refractivity contribution < 1.29 is 18.3 Å². The van der Waals surface area contributed by atoms with Crippen molar-refractivity contribution >= 4 is 5.97 Å². The molecule has 0 aromatic heterocycles. The zero-order valence-corrected chi connectivity index (χ0v) is 12.0. The first-order valence-corrected chi connectivity index (χ1v) is 6.74. The summed E-state index contributed by atoms with van der Waals surface area (Å²) in [5.74, 6) is -2.12. The molecule has 0 atom stereocenters. The smallest absolute Gasteiger partial charge is 0.337 e. The molecule has 0 unspecified atom stereocenters. The van der Waals surface area contributed by atoms with Gasteiger partial charge in [-0.05, 0) is 29.7 Å². The van der Waals surface area contributed by atoms with Gasteiger partial charge in [0.05, 0.1) is 12.7 Å². The average Bonchev–Trinajstić information content (AvgIpc) is 2.52. The number of halogens is 2. The van der Waals surface area contributed by atoms with E-state index >= 15 is 0 Å². The van der Waals surface area contributed by atoms with Crippen LogP contribution in [0.1, 0.15) is 29.3 Å². The predicted molar refractivity (Wildman–Crippen MR) is 77.1 cm³/mol. The van der Waals surface area contributed by atoms with E-state index in [1.165, 1.54) is 19.2 Å². The molecule has 0 saturated carbocycles. The summed E-state index contributed by atoms with van der Waals surface area (Å²) in [6.07, 6.45) is 1.26. The molecule has 21 heavy (non-hydrogen) atoms. The van der Waals surface area contributed by atoms with E-state index < -0.39 is 17.6 Å². The minimum Gasteiger partial charge on any atom is -0.465 e. The highest BCUT2D eigenvalue weighted by molar-refractivity contribution is 5.90. The van der Waals surface area contributed by atoms with Crippen LogP contribution in [0.2, 0.25) is 0 Å². The standard InChI is InChI=1S/C17H16F2O2/c1-3-4-12-9-10-14(16(19)15(12)18)11-5-7-13(8-6-11)17(20)21-2/h5-10H,3-4H2,1-2H3. The highest BCUT2D eigenvalue weighted by Crippen LogP contribution is 2.27. The van der Waals surface area contributed by atoms with Gasteiger partial charge in [0.15, 0.2) is 11.6 Å². The van der Waals surface area contributed by atoms with Crippen molar-refractivity contribution in [3.8, 4) is 11.1 Å². The maximum atomic E-state index is 14.1. The van der Waals surface area contributed by atoms with E-state index in [2.05, 4.69) is 4.74 Å². The molecule has 4 heteroatoms. The van der Waals surface area contributed by atoms with Crippen molar-refractivity contribution in [1.82, 2.24) is 0 Å². The number of hydrogen-bond donors (Lipinski definition) is 0. The van der Waals surface area contributed by atoms with Gasteiger partial charge in [0.25, 0.3) is 0 Å². The number of hydrogen-bond acceptors (Lipinski definition) is 2. The number of esters is 1. The fourth-order valence-electron chi connectivity index (χ4n) is 2.18. The Morgan fingerprint density at radius 2 is 1.71 bits per heavy atom. The van der Waals surface area contributed by atoms with Gasteiger partial charge < -0.3 is 4.74 Å². The van der Waals surface area contributed by atoms with Gasteiger partial charge in [-0.25, -0.2) is 13.6 Å². The molecule has 110 valence electrons. The molecule has 0 spiro atoms. The van der Waals surface area contributed by atoms with Crippen LogP contribution in [0.25, 0.3) is 11.1 Å². The minimum absolute atomic E-state index is 0.184. The number of ether oxygens (including phenoxy) is 1. The number of carbonyl (C=O) groups excluding carboxylic acids is 1. The first kappa shape index (κ1) is 15.2. The summed E-state index contributed by atoms with van der Waals surface area (Å²) >= 11 is 0. The highest BCUT2D eigenvalue weighted by Gasteiger charge is 2.14. The van der Waals surface area contributed by atoms with Crippen molar-refractivity contribution in [2.24, 2.45) is 0 Å². The Balaban J connectivity index is 2.38. The monoisotopic (exact) mass is 290 g/mol. The topological polar surface area (TPSA) is 26.3 Å². The first-order valence-electron chi connectivity index (χ1n) is 6.74. The number of carbonyl (C=O) groups is 1. The SMILES string of the molecule is CCCc1ccc(-c2ccc(C(=O)OC)cc2)c(F)c1F. The van der Waals surface area contributed by atoms with Crippen molar-refractivity contribution in [1.29, 1.82) is 0 Å². The first-order chi connectivity index (χ1) is 10.1. The Morgan fingerprint density at radius 1 is 1.05 bits per heavy atom. The molecular formula is C17H16F2O2. The quantitative estimate of drug-likeness (QED) is 0.781. The molecule has 2 rings (SSSR count). The van der Waals surface area contributed by atoms with Crippen molar-refractivity contribution in [2.75, 3.05) is 7.11 Å². The van der Waals surface area contributed by atoms with E-state index in [1.54, 1.807) is 24.3 Å². The molecule has 0 aliphatic carbocycles. The van der Waals surface area contributed by atoms with Crippen LogP contribution in [-0.4, -0.2) is 13.1 Å². The van der Waals surface area contributed by atoms with Crippen molar-refractivity contribution in [3.63, 3.8) is 0 Å². The Hall–Kier alpha value is -2.23. The van der Waals surface area contributed by atoms with Gasteiger partial charge >= 0.3 is 5.97 Å². The Bertz CT molecular complexity index is 649. The second-order valence-corrected chi connectivity index (χ2v) is 4.72. The number of methoxy groups -OCH3 is 1. The largest absolute Gasteiger partial charge is 0.465 e. The van der Waals surface area contributed by atoms with Crippen LogP contribution in [0.4, 0.5) is 8.78 Å². The van der Waals surface area contributed by atoms with Gasteiger partial charge in [-0.1, -0.05) is 37.6 Å². The van der Waals surface area contributed by atoms with Crippen molar-refractivity contribution in [2.45, 2.75) is 19.8 Å². The second kappa shape index (κ2) is 6.48. The molecule has 0 N–H and O–H groups in total. The lowest BCUT2D eigenvalue weighted by Crippen LogP contribution is -2.01. The molecular weight excluding hydrogens is 274 g/mol. The number of benzene rings is 2. The molecule has 2 aromatic rings. The summed E-state index contributed by atoms with van der Waals surface area (Å²) in [5, 5.41) is 0. The van der Waals surface area contributed by atoms with Crippen LogP contribution in [0.15, 0.2) is 36.4 Å². The van der Waals surface area contributed by atoms with Crippen LogP contribution < -0.4 is 0 Å². The van der Waals surface area contributed by atoms with Crippen LogP contribution in [0, 0.1) is 11.6 Å². The Labute approximate surface area is 122 Å². The number of rotatable bonds is 4. The summed E-state index contributed by atoms with van der Waals surface area (Å²) in [7, 11) is 1.29. The molecule has 0 aliphatic heterocycles. The molecule has 0 radical (unpaired) electrons. The molecule has 0 fully saturated rings. The van der Waals surface area contributed by atoms with E-state index in [0.717, 1.165) is 6.42 Å². The predicted octanol–water partition coefficient (Wildman–Crippen LogP) is 4.37. The second-order valence-electron chi connectivity index (χ2n) is 4.72. The molecule has 2 aromatic carbocycles. The zero-order valence-electron chi connectivity index (χ0n) is 12.0. The van der Waals surface area contributed by atoms with Gasteiger partial charge in [0.1, 0.15) is 0 Å². The molecule has 0 bridgehead atoms. The van der Waals surface area contributed by atoms with Gasteiger partial charge in [0.2, 0.25) is 0 Å². The van der Waals surface area contributed by atoms with E-state index in [1.807, 2.05) is 6.92 Å². The summed E-state index contributed by atoms with van der Waals surface area (Å²) in [6, 6.07) is 9.37. The fourth-order valence-corrected chi connectivity index (χ4v) is 2.18. The lowest BCUT2D eigenvalue weighted by molar-refractivity contribution is 0.0601. The Morgan fingerprint density at radius 3 is 2.29 bits per heavy atom. The summed E-state index contributed by atoms with van der Waals surface area (Å²) in [4.78, 5) is 11.3. The van der Waals surface area contributed by atoms with E-state index in [4.69, 9.17) is 0 Å². The van der Waals surface area contributed by atoms with Gasteiger partial charge in [-0.3, -0.25) is 0 Å². The normalized spacial score (nSPS) is 10.5. The minimum atomic E-state index is -0.855. The number of aryl methyl sites for hydroxylation is 1. The van der Waals surface area contributed by atoms with Crippen LogP contribution >= 0.6 is 0 Å². The third-order valence-electron chi connectivity index (χ3n) is 3.30. The Kier molecular flexibility index (Phi) is 4.68. The maximum absolute atomic E-state index is 14.1. The van der Waals surface area contributed by atoms with Crippen LogP contribution in [-0.2, 0) is 11.2 Å². The van der Waals surface area contributed by atoms with Gasteiger partial charge in [-0.2, -0.15) is 0 Å². The molecule has 2 nitrogen and oxygen atoms in total. The lowest BCUT2D eigenvalue weighted by atomic mass is 10.00. The van der Waals surface area contributed by atoms with E-state index in [-0.39, 0.29) is 5.56 Å². The third kappa shape index (κ3) is 3.10. The van der Waals surface area contributed by atoms with E-state index in [9.17, 15) is 13.6 Å². The zero-order chi connectivity index (χ0) is 15.4. The third-order valence-corrected chi connectivity index (χ3v) is 3.30. The van der Waals surface area contributed by atoms with Crippen LogP contribution in [0.5, 0.6) is 0 Å². The highest BCUT2D eigenvalue weighted by atomic mass is 19.2. The fraction of sp³-hybridized carbons (Fsp3) is 0.235. The molecule has 0 heterocycles. The average molecular weight is 290 g/mol. The lowest BCUT2D eigenvalue weighted by Gasteiger charge is -2.08. The molecule has 0 amide bonds. The van der Waals surface area contributed by atoms with Gasteiger partial charge in [0, 0.05) is 5.56 Å². The molecule has 0 saturated heterocycles. The summed E-state index contributed by atoms with van der Waals surface area (Å²) in [5.41, 5.74) is 1.44. The molecule has 0 aliphatic rings. The van der Waals surface area contributed by atoms with Crippen molar-refractivity contribution in [3.05, 3.63) is 59.2 Å². The van der Waals surface area contributed by atoms with Gasteiger partial charge in [-0.15, -0.1) is 0 Å². The summed E-state index contributed by atoms with van der Waals surface area (Å²) in [6.45, 7) is 1.91. The van der Waals surface area contributed by atoms with E-state index in [0.29, 0.717) is 23.1 Å². The maximum Gasteiger partial charge on any atom is 0.337 e.